The smallest absolute Gasteiger partial charge is 0.0871 e. The summed E-state index contributed by atoms with van der Waals surface area (Å²) in [6.07, 6.45) is -0.134. The summed E-state index contributed by atoms with van der Waals surface area (Å²) in [5, 5.41) is 20.1. The maximum Gasteiger partial charge on any atom is 0.0871 e. The Balaban J connectivity index is 2.84. The average Bonchev–Trinajstić information content (AvgIpc) is 2.46. The zero-order valence-corrected chi connectivity index (χ0v) is 11.9. The molecule has 19 heavy (non-hydrogen) atoms. The van der Waals surface area contributed by atoms with Gasteiger partial charge in [0.1, 0.15) is 0 Å². The molecular formula is C16H24O3. The summed E-state index contributed by atoms with van der Waals surface area (Å²) in [6, 6.07) is 9.80. The summed E-state index contributed by atoms with van der Waals surface area (Å²) in [4.78, 5) is 0. The van der Waals surface area contributed by atoms with Gasteiger partial charge in [0.15, 0.2) is 0 Å². The largest absolute Gasteiger partial charge is 0.392 e. The topological polar surface area (TPSA) is 49.7 Å². The van der Waals surface area contributed by atoms with E-state index in [1.807, 2.05) is 44.2 Å². The van der Waals surface area contributed by atoms with Gasteiger partial charge in [-0.3, -0.25) is 0 Å². The fraction of sp³-hybridized carbons (Fsp3) is 0.500. The monoisotopic (exact) mass is 264 g/mol. The van der Waals surface area contributed by atoms with E-state index in [-0.39, 0.29) is 17.9 Å². The molecule has 0 amide bonds. The summed E-state index contributed by atoms with van der Waals surface area (Å²) in [7, 11) is 1.63. The van der Waals surface area contributed by atoms with Gasteiger partial charge in [-0.1, -0.05) is 50.3 Å². The van der Waals surface area contributed by atoms with Crippen LogP contribution in [0.1, 0.15) is 25.5 Å². The Bertz CT molecular complexity index is 377. The molecule has 1 aromatic rings. The maximum absolute atomic E-state index is 10.4. The normalized spacial score (nSPS) is 19.2. The van der Waals surface area contributed by atoms with Crippen LogP contribution in [0.3, 0.4) is 0 Å². The van der Waals surface area contributed by atoms with Crippen molar-refractivity contribution in [3.05, 3.63) is 48.6 Å². The molecule has 3 heteroatoms. The molecule has 0 unspecified atom stereocenters. The van der Waals surface area contributed by atoms with E-state index in [2.05, 4.69) is 6.58 Å². The fourth-order valence-corrected chi connectivity index (χ4v) is 2.37. The van der Waals surface area contributed by atoms with Crippen molar-refractivity contribution in [3.63, 3.8) is 0 Å². The third-order valence-electron chi connectivity index (χ3n) is 3.72. The van der Waals surface area contributed by atoms with Gasteiger partial charge in [0.2, 0.25) is 0 Å². The highest BCUT2D eigenvalue weighted by atomic mass is 16.5. The molecule has 0 aromatic heterocycles. The van der Waals surface area contributed by atoms with E-state index in [0.29, 0.717) is 0 Å². The second kappa shape index (κ2) is 7.43. The second-order valence-corrected chi connectivity index (χ2v) is 5.00. The molecule has 5 atom stereocenters. The van der Waals surface area contributed by atoms with E-state index in [1.165, 1.54) is 6.08 Å². The predicted molar refractivity (Wildman–Crippen MR) is 76.7 cm³/mol. The van der Waals surface area contributed by atoms with Gasteiger partial charge in [-0.15, -0.1) is 6.58 Å². The summed E-state index contributed by atoms with van der Waals surface area (Å²) in [5.41, 5.74) is 1.02. The molecule has 1 rings (SSSR count). The van der Waals surface area contributed by atoms with Gasteiger partial charge in [-0.25, -0.2) is 0 Å². The van der Waals surface area contributed by atoms with Crippen molar-refractivity contribution in [2.24, 2.45) is 11.8 Å². The molecule has 2 N–H and O–H groups in total. The van der Waals surface area contributed by atoms with E-state index in [9.17, 15) is 10.2 Å². The van der Waals surface area contributed by atoms with Crippen LogP contribution in [0.2, 0.25) is 0 Å². The Morgan fingerprint density at radius 1 is 1.11 bits per heavy atom. The van der Waals surface area contributed by atoms with Crippen LogP contribution in [-0.2, 0) is 4.74 Å². The second-order valence-electron chi connectivity index (χ2n) is 5.00. The van der Waals surface area contributed by atoms with Crippen molar-refractivity contribution in [2.75, 3.05) is 7.11 Å². The average molecular weight is 264 g/mol. The van der Waals surface area contributed by atoms with Crippen LogP contribution < -0.4 is 0 Å². The van der Waals surface area contributed by atoms with E-state index >= 15 is 0 Å². The molecule has 1 aromatic carbocycles. The predicted octanol–water partition coefficient (Wildman–Crippen LogP) is 2.55. The quantitative estimate of drug-likeness (QED) is 0.744. The van der Waals surface area contributed by atoms with Crippen molar-refractivity contribution in [1.82, 2.24) is 0 Å². The minimum Gasteiger partial charge on any atom is -0.392 e. The van der Waals surface area contributed by atoms with Crippen LogP contribution in [-0.4, -0.2) is 29.5 Å². The third kappa shape index (κ3) is 3.90. The Hall–Kier alpha value is -1.16. The number of rotatable bonds is 7. The van der Waals surface area contributed by atoms with E-state index in [1.54, 1.807) is 7.11 Å². The highest BCUT2D eigenvalue weighted by Crippen LogP contribution is 2.31. The van der Waals surface area contributed by atoms with Crippen LogP contribution in [0.15, 0.2) is 43.0 Å². The molecule has 0 saturated heterocycles. The molecule has 3 nitrogen and oxygen atoms in total. The molecule has 0 bridgehead atoms. The molecule has 0 aliphatic rings. The molecule has 106 valence electrons. The molecule has 0 radical (unpaired) electrons. The van der Waals surface area contributed by atoms with Crippen molar-refractivity contribution >= 4 is 0 Å². The lowest BCUT2D eigenvalue weighted by atomic mass is 9.84. The van der Waals surface area contributed by atoms with Crippen LogP contribution >= 0.6 is 0 Å². The van der Waals surface area contributed by atoms with Crippen LogP contribution in [0.4, 0.5) is 0 Å². The van der Waals surface area contributed by atoms with Crippen molar-refractivity contribution < 1.29 is 14.9 Å². The number of hydrogen-bond acceptors (Lipinski definition) is 3. The van der Waals surface area contributed by atoms with Crippen LogP contribution in [0, 0.1) is 11.8 Å². The zero-order chi connectivity index (χ0) is 14.4. The van der Waals surface area contributed by atoms with Gasteiger partial charge in [-0.05, 0) is 5.56 Å². The molecule has 0 saturated carbocycles. The molecule has 0 aliphatic heterocycles. The number of aliphatic hydroxyl groups is 2. The summed E-state index contributed by atoms with van der Waals surface area (Å²) >= 11 is 0. The Morgan fingerprint density at radius 2 is 1.68 bits per heavy atom. The first-order valence-electron chi connectivity index (χ1n) is 6.59. The van der Waals surface area contributed by atoms with Gasteiger partial charge >= 0.3 is 0 Å². The minimum atomic E-state index is -0.717. The minimum absolute atomic E-state index is 0.128. The third-order valence-corrected chi connectivity index (χ3v) is 3.72. The molecule has 0 fully saturated rings. The maximum atomic E-state index is 10.4. The molecular weight excluding hydrogens is 240 g/mol. The van der Waals surface area contributed by atoms with E-state index in [0.717, 1.165) is 5.56 Å². The first kappa shape index (κ1) is 15.9. The summed E-state index contributed by atoms with van der Waals surface area (Å²) in [6.45, 7) is 7.29. The highest BCUT2D eigenvalue weighted by Gasteiger charge is 2.31. The molecule has 0 heterocycles. The lowest BCUT2D eigenvalue weighted by Gasteiger charge is -2.32. The van der Waals surface area contributed by atoms with Gasteiger partial charge in [-0.2, -0.15) is 0 Å². The standard InChI is InChI=1S/C16H24O3/c1-5-14(17)11(2)15(18)12(3)16(19-4)13-9-7-6-8-10-13/h5-12,14-18H,1H2,2-4H3/t11-,12+,14-,15-,16-/m0/s1. The van der Waals surface area contributed by atoms with Gasteiger partial charge in [0, 0.05) is 18.9 Å². The van der Waals surface area contributed by atoms with Crippen LogP contribution in [0.5, 0.6) is 0 Å². The van der Waals surface area contributed by atoms with Gasteiger partial charge in [0.05, 0.1) is 18.3 Å². The van der Waals surface area contributed by atoms with Crippen molar-refractivity contribution in [1.29, 1.82) is 0 Å². The van der Waals surface area contributed by atoms with Crippen LogP contribution in [0.25, 0.3) is 0 Å². The number of benzene rings is 1. The summed E-state index contributed by atoms with van der Waals surface area (Å²) < 4.78 is 5.52. The first-order chi connectivity index (χ1) is 9.02. The van der Waals surface area contributed by atoms with E-state index < -0.39 is 12.2 Å². The van der Waals surface area contributed by atoms with Crippen molar-refractivity contribution in [2.45, 2.75) is 32.2 Å². The van der Waals surface area contributed by atoms with E-state index in [4.69, 9.17) is 4.74 Å². The Kier molecular flexibility index (Phi) is 6.22. The Labute approximate surface area is 115 Å². The molecule has 0 aliphatic carbocycles. The SMILES string of the molecule is C=C[C@H](O)[C@H](C)[C@H](O)[C@@H](C)[C@H](OC)c1ccccc1. The fourth-order valence-electron chi connectivity index (χ4n) is 2.37. The van der Waals surface area contributed by atoms with Gasteiger partial charge in [0.25, 0.3) is 0 Å². The lowest BCUT2D eigenvalue weighted by Crippen LogP contribution is -2.36. The van der Waals surface area contributed by atoms with Gasteiger partial charge < -0.3 is 14.9 Å². The highest BCUT2D eigenvalue weighted by molar-refractivity contribution is 5.18. The number of hydrogen-bond donors (Lipinski definition) is 2. The first-order valence-corrected chi connectivity index (χ1v) is 6.59. The number of methoxy groups -OCH3 is 1. The zero-order valence-electron chi connectivity index (χ0n) is 11.9. The summed E-state index contributed by atoms with van der Waals surface area (Å²) in [5.74, 6) is -0.411. The number of ether oxygens (including phenoxy) is 1. The molecule has 0 spiro atoms. The van der Waals surface area contributed by atoms with Crippen molar-refractivity contribution in [3.8, 4) is 0 Å². The lowest BCUT2D eigenvalue weighted by molar-refractivity contribution is -0.0487. The Morgan fingerprint density at radius 3 is 2.16 bits per heavy atom. The number of aliphatic hydroxyl groups excluding tert-OH is 2.